The van der Waals surface area contributed by atoms with Crippen molar-refractivity contribution in [2.45, 2.75) is 33.1 Å². The minimum Gasteiger partial charge on any atom is -0.456 e. The third-order valence-corrected chi connectivity index (χ3v) is 4.33. The Bertz CT molecular complexity index is 918. The number of fused-ring (bicyclic) bond motifs is 1. The monoisotopic (exact) mass is 332 g/mol. The first-order chi connectivity index (χ1) is 12.2. The van der Waals surface area contributed by atoms with Gasteiger partial charge in [-0.05, 0) is 37.3 Å². The maximum absolute atomic E-state index is 13.0. The molecule has 0 bridgehead atoms. The third-order valence-electron chi connectivity index (χ3n) is 4.33. The van der Waals surface area contributed by atoms with Crippen molar-refractivity contribution < 1.29 is 4.42 Å². The second-order valence-electron chi connectivity index (χ2n) is 6.75. The van der Waals surface area contributed by atoms with Crippen LogP contribution in [0.2, 0.25) is 0 Å². The van der Waals surface area contributed by atoms with E-state index < -0.39 is 0 Å². The number of rotatable bonds is 6. The van der Waals surface area contributed by atoms with E-state index in [0.717, 1.165) is 24.0 Å². The van der Waals surface area contributed by atoms with E-state index in [1.54, 1.807) is 0 Å². The van der Waals surface area contributed by atoms with E-state index >= 15 is 0 Å². The van der Waals surface area contributed by atoms with Crippen molar-refractivity contribution >= 4 is 11.0 Å². The van der Waals surface area contributed by atoms with Crippen molar-refractivity contribution in [3.63, 3.8) is 0 Å². The first kappa shape index (κ1) is 17.2. The third kappa shape index (κ3) is 4.08. The summed E-state index contributed by atoms with van der Waals surface area (Å²) < 4.78 is 6.12. The molecule has 0 aliphatic heterocycles. The Balaban J connectivity index is 2.02. The van der Waals surface area contributed by atoms with Crippen LogP contribution in [0.3, 0.4) is 0 Å². The molecule has 0 amide bonds. The highest BCUT2D eigenvalue weighted by atomic mass is 16.3. The van der Waals surface area contributed by atoms with Gasteiger partial charge in [0.05, 0.1) is 5.39 Å². The first-order valence-corrected chi connectivity index (χ1v) is 8.92. The molecule has 0 N–H and O–H groups in total. The van der Waals surface area contributed by atoms with Crippen molar-refractivity contribution in [1.29, 1.82) is 0 Å². The summed E-state index contributed by atoms with van der Waals surface area (Å²) in [4.78, 5) is 13.0. The average Bonchev–Trinajstić information content (AvgIpc) is 2.63. The van der Waals surface area contributed by atoms with Crippen LogP contribution in [-0.4, -0.2) is 0 Å². The molecule has 1 heterocycles. The van der Waals surface area contributed by atoms with Gasteiger partial charge in [0.1, 0.15) is 11.3 Å². The predicted molar refractivity (Wildman–Crippen MR) is 105 cm³/mol. The van der Waals surface area contributed by atoms with Gasteiger partial charge in [-0.2, -0.15) is 0 Å². The number of benzene rings is 2. The number of hydrogen-bond acceptors (Lipinski definition) is 2. The number of para-hydroxylation sites is 1. The fourth-order valence-electron chi connectivity index (χ4n) is 2.94. The van der Waals surface area contributed by atoms with E-state index in [1.807, 2.05) is 54.6 Å². The van der Waals surface area contributed by atoms with Gasteiger partial charge in [-0.25, -0.2) is 0 Å². The molecule has 0 saturated carbocycles. The highest BCUT2D eigenvalue weighted by Gasteiger charge is 2.14. The van der Waals surface area contributed by atoms with Crippen LogP contribution < -0.4 is 5.43 Å². The Morgan fingerprint density at radius 1 is 0.960 bits per heavy atom. The minimum absolute atomic E-state index is 0.0641. The Morgan fingerprint density at radius 3 is 2.44 bits per heavy atom. The van der Waals surface area contributed by atoms with E-state index in [9.17, 15) is 4.79 Å². The van der Waals surface area contributed by atoms with Gasteiger partial charge in [-0.3, -0.25) is 4.79 Å². The van der Waals surface area contributed by atoms with Gasteiger partial charge in [0.15, 0.2) is 5.43 Å². The molecule has 1 aromatic heterocycles. The zero-order chi connectivity index (χ0) is 17.6. The van der Waals surface area contributed by atoms with Gasteiger partial charge >= 0.3 is 0 Å². The van der Waals surface area contributed by atoms with E-state index in [0.29, 0.717) is 29.1 Å². The van der Waals surface area contributed by atoms with Crippen LogP contribution in [-0.2, 0) is 6.42 Å². The molecule has 128 valence electrons. The van der Waals surface area contributed by atoms with Gasteiger partial charge in [-0.15, -0.1) is 0 Å². The number of hydrogen-bond donors (Lipinski definition) is 0. The Labute approximate surface area is 148 Å². The van der Waals surface area contributed by atoms with Gasteiger partial charge < -0.3 is 4.42 Å². The topological polar surface area (TPSA) is 30.2 Å². The summed E-state index contributed by atoms with van der Waals surface area (Å²) in [5, 5.41) is 0.646. The molecule has 0 fully saturated rings. The van der Waals surface area contributed by atoms with E-state index in [1.165, 1.54) is 0 Å². The second-order valence-corrected chi connectivity index (χ2v) is 6.75. The minimum atomic E-state index is 0.0641. The fourth-order valence-corrected chi connectivity index (χ4v) is 2.94. The summed E-state index contributed by atoms with van der Waals surface area (Å²) in [6, 6.07) is 17.3. The highest BCUT2D eigenvalue weighted by molar-refractivity contribution is 5.80. The lowest BCUT2D eigenvalue weighted by molar-refractivity contribution is 0.593. The van der Waals surface area contributed by atoms with E-state index in [2.05, 4.69) is 26.0 Å². The molecule has 0 radical (unpaired) electrons. The summed E-state index contributed by atoms with van der Waals surface area (Å²) in [6.07, 6.45) is 7.06. The van der Waals surface area contributed by atoms with Crippen LogP contribution in [0.1, 0.15) is 32.3 Å². The SMILES string of the molecule is CC(C)CCC=CCc1c(-c2ccccc2)oc2ccccc2c1=O. The van der Waals surface area contributed by atoms with Crippen molar-refractivity contribution in [2.75, 3.05) is 0 Å². The second kappa shape index (κ2) is 7.98. The van der Waals surface area contributed by atoms with Gasteiger partial charge in [-0.1, -0.05) is 68.5 Å². The predicted octanol–water partition coefficient (Wildman–Crippen LogP) is 5.99. The van der Waals surface area contributed by atoms with E-state index in [-0.39, 0.29) is 5.43 Å². The van der Waals surface area contributed by atoms with Crippen molar-refractivity contribution in [1.82, 2.24) is 0 Å². The van der Waals surface area contributed by atoms with Gasteiger partial charge in [0.2, 0.25) is 0 Å². The van der Waals surface area contributed by atoms with Crippen LogP contribution in [0, 0.1) is 5.92 Å². The lowest BCUT2D eigenvalue weighted by atomic mass is 10.0. The van der Waals surface area contributed by atoms with Crippen LogP contribution in [0.5, 0.6) is 0 Å². The molecule has 2 nitrogen and oxygen atoms in total. The molecule has 0 atom stereocenters. The standard InChI is InChI=1S/C23H24O2/c1-17(2)11-5-3-8-15-20-22(24)19-14-9-10-16-21(19)25-23(20)18-12-6-4-7-13-18/h3-4,6-10,12-14,16-17H,5,11,15H2,1-2H3. The zero-order valence-electron chi connectivity index (χ0n) is 14.9. The molecule has 25 heavy (non-hydrogen) atoms. The quantitative estimate of drug-likeness (QED) is 0.519. The zero-order valence-corrected chi connectivity index (χ0v) is 14.9. The molecule has 2 aromatic carbocycles. The molecule has 0 saturated heterocycles. The summed E-state index contributed by atoms with van der Waals surface area (Å²) in [7, 11) is 0. The van der Waals surface area contributed by atoms with Gasteiger partial charge in [0, 0.05) is 11.1 Å². The average molecular weight is 332 g/mol. The normalized spacial score (nSPS) is 11.6. The molecular weight excluding hydrogens is 308 g/mol. The maximum atomic E-state index is 13.0. The summed E-state index contributed by atoms with van der Waals surface area (Å²) in [6.45, 7) is 4.44. The van der Waals surface area contributed by atoms with Crippen molar-refractivity contribution in [3.8, 4) is 11.3 Å². The smallest absolute Gasteiger partial charge is 0.196 e. The lowest BCUT2D eigenvalue weighted by Gasteiger charge is -2.09. The van der Waals surface area contributed by atoms with E-state index in [4.69, 9.17) is 4.42 Å². The molecule has 0 aliphatic carbocycles. The Hall–Kier alpha value is -2.61. The molecule has 2 heteroatoms. The molecule has 0 spiro atoms. The summed E-state index contributed by atoms with van der Waals surface area (Å²) in [5.74, 6) is 1.37. The number of allylic oxidation sites excluding steroid dienone is 2. The lowest BCUT2D eigenvalue weighted by Crippen LogP contribution is -2.10. The van der Waals surface area contributed by atoms with Crippen molar-refractivity contribution in [3.05, 3.63) is 82.5 Å². The molecule has 3 aromatic rings. The molecule has 0 aliphatic rings. The van der Waals surface area contributed by atoms with Crippen LogP contribution in [0.25, 0.3) is 22.3 Å². The van der Waals surface area contributed by atoms with Crippen LogP contribution in [0.15, 0.2) is 76.0 Å². The fraction of sp³-hybridized carbons (Fsp3) is 0.261. The molecule has 3 rings (SSSR count). The molecule has 0 unspecified atom stereocenters. The maximum Gasteiger partial charge on any atom is 0.196 e. The Morgan fingerprint density at radius 2 is 1.68 bits per heavy atom. The Kier molecular flexibility index (Phi) is 5.49. The highest BCUT2D eigenvalue weighted by Crippen LogP contribution is 2.26. The van der Waals surface area contributed by atoms with Crippen LogP contribution >= 0.6 is 0 Å². The summed E-state index contributed by atoms with van der Waals surface area (Å²) in [5.41, 5.74) is 2.37. The molecular formula is C23H24O2. The first-order valence-electron chi connectivity index (χ1n) is 8.92. The largest absolute Gasteiger partial charge is 0.456 e. The van der Waals surface area contributed by atoms with Crippen molar-refractivity contribution in [2.24, 2.45) is 5.92 Å². The summed E-state index contributed by atoms with van der Waals surface area (Å²) >= 11 is 0. The van der Waals surface area contributed by atoms with Crippen LogP contribution in [0.4, 0.5) is 0 Å². The van der Waals surface area contributed by atoms with Gasteiger partial charge in [0.25, 0.3) is 0 Å².